The maximum Gasteiger partial charge on any atom is 0.250 e. The Balaban J connectivity index is 1.51. The summed E-state index contributed by atoms with van der Waals surface area (Å²) >= 11 is 0. The number of benzene rings is 2. The molecule has 0 aliphatic carbocycles. The lowest BCUT2D eigenvalue weighted by atomic mass is 9.72. The fraction of sp³-hybridized carbons (Fsp3) is 0.400. The van der Waals surface area contributed by atoms with Crippen LogP contribution < -0.4 is 20.7 Å². The van der Waals surface area contributed by atoms with Crippen LogP contribution in [0.1, 0.15) is 88.0 Å². The number of amides is 2. The molecule has 4 atom stereocenters. The van der Waals surface area contributed by atoms with Crippen molar-refractivity contribution in [2.45, 2.75) is 78.1 Å². The first-order valence-corrected chi connectivity index (χ1v) is 15.5. The molecule has 7 rings (SSSR count). The normalized spacial score (nSPS) is 23.1. The standard InChI is InChI=1S/C35H36N6O5/c1-7-34(5,6)31(43)38-23-15-18-12-13-24-21(14-18)35(20-10-8-9-11-22(20)39-32(35)45-24)27-25(29-37-19(16-36)17-44-29)40-30(46-27)26(33(2,3)4)41-28(23)42/h8-14,17,23,26,32,39H,7,15H2,1-6H3,(H,38,43)(H,41,42)/t23-,26+,32+,35?/m0/s1. The van der Waals surface area contributed by atoms with Gasteiger partial charge in [0, 0.05) is 23.1 Å². The third-order valence-corrected chi connectivity index (χ3v) is 9.53. The van der Waals surface area contributed by atoms with Gasteiger partial charge in [-0.3, -0.25) is 9.59 Å². The van der Waals surface area contributed by atoms with E-state index >= 15 is 0 Å². The number of rotatable bonds is 4. The molecule has 0 radical (unpaired) electrons. The zero-order valence-corrected chi connectivity index (χ0v) is 26.6. The molecule has 0 fully saturated rings. The van der Waals surface area contributed by atoms with Gasteiger partial charge in [-0.25, -0.2) is 4.98 Å². The molecule has 46 heavy (non-hydrogen) atoms. The number of hydrogen-bond acceptors (Lipinski definition) is 9. The predicted octanol–water partition coefficient (Wildman–Crippen LogP) is 5.36. The summed E-state index contributed by atoms with van der Waals surface area (Å²) in [6, 6.07) is 14.2. The van der Waals surface area contributed by atoms with Gasteiger partial charge in [-0.15, -0.1) is 0 Å². The average molecular weight is 621 g/mol. The quantitative estimate of drug-likeness (QED) is 0.273. The van der Waals surface area contributed by atoms with Crippen LogP contribution in [-0.2, 0) is 21.4 Å². The van der Waals surface area contributed by atoms with Gasteiger partial charge in [0.15, 0.2) is 23.4 Å². The number of ether oxygens (including phenoxy) is 1. The predicted molar refractivity (Wildman–Crippen MR) is 168 cm³/mol. The molecule has 11 heteroatoms. The molecule has 2 amide bonds. The minimum absolute atomic E-state index is 0.0991. The molecule has 4 bridgehead atoms. The van der Waals surface area contributed by atoms with E-state index in [4.69, 9.17) is 18.6 Å². The van der Waals surface area contributed by atoms with Crippen molar-refractivity contribution in [1.29, 1.82) is 5.26 Å². The molecule has 4 aromatic rings. The van der Waals surface area contributed by atoms with Gasteiger partial charge in [0.25, 0.3) is 0 Å². The number of hydrogen-bond donors (Lipinski definition) is 3. The van der Waals surface area contributed by atoms with Crippen LogP contribution in [-0.4, -0.2) is 34.1 Å². The van der Waals surface area contributed by atoms with Crippen LogP contribution >= 0.6 is 0 Å². The molecular weight excluding hydrogens is 584 g/mol. The minimum atomic E-state index is -1.03. The molecule has 1 unspecified atom stereocenters. The van der Waals surface area contributed by atoms with E-state index in [1.807, 2.05) is 90.1 Å². The highest BCUT2D eigenvalue weighted by Gasteiger charge is 2.61. The number of oxazole rings is 2. The van der Waals surface area contributed by atoms with Gasteiger partial charge in [0.2, 0.25) is 23.6 Å². The maximum absolute atomic E-state index is 14.1. The Morgan fingerprint density at radius 2 is 1.89 bits per heavy atom. The number of nitriles is 1. The van der Waals surface area contributed by atoms with Gasteiger partial charge in [0.1, 0.15) is 35.6 Å². The van der Waals surface area contributed by atoms with Crippen molar-refractivity contribution in [3.05, 3.63) is 82.8 Å². The second-order valence-corrected chi connectivity index (χ2v) is 14.0. The molecule has 11 nitrogen and oxygen atoms in total. The molecule has 0 saturated carbocycles. The molecule has 2 aromatic heterocycles. The van der Waals surface area contributed by atoms with E-state index in [-0.39, 0.29) is 35.7 Å². The second-order valence-electron chi connectivity index (χ2n) is 14.0. The third kappa shape index (κ3) is 4.38. The van der Waals surface area contributed by atoms with Crippen LogP contribution in [0.25, 0.3) is 11.6 Å². The largest absolute Gasteiger partial charge is 0.469 e. The van der Waals surface area contributed by atoms with E-state index < -0.39 is 34.6 Å². The molecule has 3 aliphatic heterocycles. The van der Waals surface area contributed by atoms with Crippen molar-refractivity contribution in [3.8, 4) is 23.4 Å². The monoisotopic (exact) mass is 620 g/mol. The molecule has 236 valence electrons. The van der Waals surface area contributed by atoms with E-state index in [0.29, 0.717) is 23.6 Å². The lowest BCUT2D eigenvalue weighted by Gasteiger charge is -2.32. The Kier molecular flexibility index (Phi) is 6.56. The molecule has 0 saturated heterocycles. The van der Waals surface area contributed by atoms with Crippen molar-refractivity contribution in [2.75, 3.05) is 5.32 Å². The molecule has 5 heterocycles. The fourth-order valence-electron chi connectivity index (χ4n) is 6.51. The third-order valence-electron chi connectivity index (χ3n) is 9.53. The first kappa shape index (κ1) is 29.6. The highest BCUT2D eigenvalue weighted by molar-refractivity contribution is 5.90. The number of nitrogens with one attached hydrogen (secondary N) is 3. The number of carbonyl (C=O) groups excluding carboxylic acids is 2. The first-order chi connectivity index (χ1) is 21.9. The Morgan fingerprint density at radius 1 is 1.11 bits per heavy atom. The topological polar surface area (TPSA) is 155 Å². The molecule has 3 aliphatic rings. The van der Waals surface area contributed by atoms with Crippen LogP contribution in [0.3, 0.4) is 0 Å². The van der Waals surface area contributed by atoms with Gasteiger partial charge in [-0.1, -0.05) is 71.9 Å². The summed E-state index contributed by atoms with van der Waals surface area (Å²) in [5.41, 5.74) is 1.57. The van der Waals surface area contributed by atoms with E-state index in [2.05, 4.69) is 20.9 Å². The lowest BCUT2D eigenvalue weighted by molar-refractivity contribution is -0.134. The van der Waals surface area contributed by atoms with Crippen LogP contribution in [0.15, 0.2) is 57.6 Å². The maximum atomic E-state index is 14.1. The minimum Gasteiger partial charge on any atom is -0.469 e. The van der Waals surface area contributed by atoms with Crippen LogP contribution in [0.4, 0.5) is 5.69 Å². The van der Waals surface area contributed by atoms with Crippen molar-refractivity contribution in [2.24, 2.45) is 10.8 Å². The molecule has 2 aromatic carbocycles. The summed E-state index contributed by atoms with van der Waals surface area (Å²) in [4.78, 5) is 36.9. The van der Waals surface area contributed by atoms with Crippen LogP contribution in [0.2, 0.25) is 0 Å². The van der Waals surface area contributed by atoms with Gasteiger partial charge in [-0.05, 0) is 35.1 Å². The highest BCUT2D eigenvalue weighted by atomic mass is 16.5. The Labute approximate surface area is 266 Å². The van der Waals surface area contributed by atoms with Crippen LogP contribution in [0.5, 0.6) is 5.75 Å². The van der Waals surface area contributed by atoms with Gasteiger partial charge in [0.05, 0.1) is 0 Å². The SMILES string of the molecule is CCC(C)(C)C(=O)N[C@H]1Cc2ccc3c(c2)C2(c4ccccc4N[C@@H]2O3)c2oc(nc2-c2nc(C#N)co2)[C@H](C(C)(C)C)NC1=O. The number of carbonyl (C=O) groups is 2. The van der Waals surface area contributed by atoms with Crippen molar-refractivity contribution < 1.29 is 23.2 Å². The second kappa shape index (κ2) is 10.2. The number of para-hydroxylation sites is 1. The summed E-state index contributed by atoms with van der Waals surface area (Å²) < 4.78 is 19.2. The van der Waals surface area contributed by atoms with Crippen molar-refractivity contribution in [1.82, 2.24) is 20.6 Å². The molecule has 3 N–H and O–H groups in total. The Bertz CT molecular complexity index is 1930. The summed E-state index contributed by atoms with van der Waals surface area (Å²) in [7, 11) is 0. The van der Waals surface area contributed by atoms with Crippen molar-refractivity contribution >= 4 is 17.5 Å². The van der Waals surface area contributed by atoms with Gasteiger partial charge in [-0.2, -0.15) is 10.2 Å². The summed E-state index contributed by atoms with van der Waals surface area (Å²) in [5.74, 6) is 0.857. The summed E-state index contributed by atoms with van der Waals surface area (Å²) in [5, 5.41) is 19.3. The zero-order valence-electron chi connectivity index (χ0n) is 26.6. The van der Waals surface area contributed by atoms with Gasteiger partial charge >= 0.3 is 0 Å². The summed E-state index contributed by atoms with van der Waals surface area (Å²) in [6.45, 7) is 11.6. The number of nitrogens with zero attached hydrogens (tertiary/aromatic N) is 3. The van der Waals surface area contributed by atoms with Crippen molar-refractivity contribution in [3.63, 3.8) is 0 Å². The molecule has 1 spiro atoms. The van der Waals surface area contributed by atoms with E-state index in [9.17, 15) is 14.9 Å². The number of anilines is 1. The van der Waals surface area contributed by atoms with Crippen LogP contribution in [0, 0.1) is 22.2 Å². The Hall–Kier alpha value is -5.11. The smallest absolute Gasteiger partial charge is 0.250 e. The van der Waals surface area contributed by atoms with Gasteiger partial charge < -0.3 is 29.5 Å². The van der Waals surface area contributed by atoms with E-state index in [0.717, 1.165) is 22.4 Å². The van der Waals surface area contributed by atoms with E-state index in [1.165, 1.54) is 6.26 Å². The first-order valence-electron chi connectivity index (χ1n) is 15.5. The highest BCUT2D eigenvalue weighted by Crippen LogP contribution is 2.59. The summed E-state index contributed by atoms with van der Waals surface area (Å²) in [6.07, 6.45) is 1.54. The lowest BCUT2D eigenvalue weighted by Crippen LogP contribution is -2.53. The zero-order chi connectivity index (χ0) is 32.6. The fourth-order valence-corrected chi connectivity index (χ4v) is 6.51. The molecular formula is C35H36N6O5. The average Bonchev–Trinajstić information content (AvgIpc) is 3.79. The Morgan fingerprint density at radius 3 is 2.61 bits per heavy atom. The number of aromatic nitrogens is 2. The van der Waals surface area contributed by atoms with E-state index in [1.54, 1.807) is 0 Å². The number of fused-ring (bicyclic) bond motifs is 4.